The molecule has 0 saturated carbocycles. The van der Waals surface area contributed by atoms with E-state index in [1.807, 2.05) is 24.3 Å². The van der Waals surface area contributed by atoms with Gasteiger partial charge in [-0.05, 0) is 38.1 Å². The number of hydrogen-bond acceptors (Lipinski definition) is 3. The fourth-order valence-electron chi connectivity index (χ4n) is 2.25. The van der Waals surface area contributed by atoms with Gasteiger partial charge >= 0.3 is 0 Å². The molecule has 0 amide bonds. The molecule has 1 fully saturated rings. The zero-order valence-corrected chi connectivity index (χ0v) is 11.5. The summed E-state index contributed by atoms with van der Waals surface area (Å²) >= 11 is 5.90. The summed E-state index contributed by atoms with van der Waals surface area (Å²) < 4.78 is 0. The standard InChI is InChI=1S/C14H19ClN2O/c1-18-16-14(11-17-9-3-2-4-10-17)12-5-7-13(15)8-6-12/h5-8H,2-4,9-11H2,1H3. The highest BCUT2D eigenvalue weighted by Crippen LogP contribution is 2.13. The molecule has 3 nitrogen and oxygen atoms in total. The number of halogens is 1. The maximum Gasteiger partial charge on any atom is 0.106 e. The zero-order valence-electron chi connectivity index (χ0n) is 10.7. The molecule has 98 valence electrons. The number of hydrogen-bond donors (Lipinski definition) is 0. The zero-order chi connectivity index (χ0) is 12.8. The summed E-state index contributed by atoms with van der Waals surface area (Å²) in [5, 5.41) is 4.89. The molecule has 1 aliphatic rings. The van der Waals surface area contributed by atoms with Gasteiger partial charge in [0.25, 0.3) is 0 Å². The molecule has 1 aromatic rings. The van der Waals surface area contributed by atoms with E-state index in [2.05, 4.69) is 10.1 Å². The molecular formula is C14H19ClN2O. The summed E-state index contributed by atoms with van der Waals surface area (Å²) in [5.74, 6) is 0. The van der Waals surface area contributed by atoms with Crippen LogP contribution in [0.3, 0.4) is 0 Å². The van der Waals surface area contributed by atoms with E-state index in [-0.39, 0.29) is 0 Å². The van der Waals surface area contributed by atoms with Crippen molar-refractivity contribution in [1.29, 1.82) is 0 Å². The third-order valence-electron chi connectivity index (χ3n) is 3.20. The number of oxime groups is 1. The largest absolute Gasteiger partial charge is 0.399 e. The molecule has 1 saturated heterocycles. The lowest BCUT2D eigenvalue weighted by Gasteiger charge is -2.26. The number of benzene rings is 1. The third-order valence-corrected chi connectivity index (χ3v) is 3.45. The molecule has 4 heteroatoms. The molecule has 0 bridgehead atoms. The van der Waals surface area contributed by atoms with Crippen LogP contribution in [0.1, 0.15) is 24.8 Å². The molecule has 0 radical (unpaired) electrons. The molecule has 0 N–H and O–H groups in total. The first-order valence-corrected chi connectivity index (χ1v) is 6.75. The SMILES string of the molecule is CON=C(CN1CCCCC1)c1ccc(Cl)cc1. The van der Waals surface area contributed by atoms with E-state index in [0.29, 0.717) is 0 Å². The van der Waals surface area contributed by atoms with Gasteiger partial charge in [0.15, 0.2) is 0 Å². The second-order valence-corrected chi connectivity index (χ2v) is 5.00. The Labute approximate surface area is 113 Å². The lowest BCUT2D eigenvalue weighted by Crippen LogP contribution is -2.34. The van der Waals surface area contributed by atoms with Gasteiger partial charge in [-0.25, -0.2) is 0 Å². The van der Waals surface area contributed by atoms with Gasteiger partial charge in [-0.3, -0.25) is 4.90 Å². The Morgan fingerprint density at radius 2 is 1.89 bits per heavy atom. The van der Waals surface area contributed by atoms with Crippen LogP contribution in [0.4, 0.5) is 0 Å². The van der Waals surface area contributed by atoms with Crippen molar-refractivity contribution >= 4 is 17.3 Å². The van der Waals surface area contributed by atoms with Gasteiger partial charge in [0.05, 0.1) is 0 Å². The smallest absolute Gasteiger partial charge is 0.106 e. The molecule has 0 aliphatic carbocycles. The van der Waals surface area contributed by atoms with E-state index in [0.717, 1.165) is 35.9 Å². The van der Waals surface area contributed by atoms with Gasteiger partial charge < -0.3 is 4.84 Å². The summed E-state index contributed by atoms with van der Waals surface area (Å²) in [6.07, 6.45) is 3.90. The first-order valence-electron chi connectivity index (χ1n) is 6.38. The minimum atomic E-state index is 0.744. The summed E-state index contributed by atoms with van der Waals surface area (Å²) in [5.41, 5.74) is 2.04. The lowest BCUT2D eigenvalue weighted by atomic mass is 10.1. The van der Waals surface area contributed by atoms with Crippen LogP contribution in [0.25, 0.3) is 0 Å². The number of rotatable bonds is 4. The van der Waals surface area contributed by atoms with Crippen molar-refractivity contribution in [2.24, 2.45) is 5.16 Å². The summed E-state index contributed by atoms with van der Waals surface area (Å²) in [4.78, 5) is 7.39. The van der Waals surface area contributed by atoms with Crippen molar-refractivity contribution in [2.45, 2.75) is 19.3 Å². The predicted molar refractivity (Wildman–Crippen MR) is 75.3 cm³/mol. The quantitative estimate of drug-likeness (QED) is 0.618. The Morgan fingerprint density at radius 1 is 1.22 bits per heavy atom. The highest BCUT2D eigenvalue weighted by atomic mass is 35.5. The summed E-state index contributed by atoms with van der Waals surface area (Å²) in [6, 6.07) is 7.75. The van der Waals surface area contributed by atoms with E-state index >= 15 is 0 Å². The van der Waals surface area contributed by atoms with Crippen molar-refractivity contribution in [3.05, 3.63) is 34.9 Å². The van der Waals surface area contributed by atoms with Crippen LogP contribution in [-0.4, -0.2) is 37.4 Å². The van der Waals surface area contributed by atoms with Gasteiger partial charge in [0.2, 0.25) is 0 Å². The Balaban J connectivity index is 2.08. The molecule has 0 unspecified atom stereocenters. The molecule has 0 spiro atoms. The Hall–Kier alpha value is -1.06. The first kappa shape index (κ1) is 13.4. The minimum Gasteiger partial charge on any atom is -0.399 e. The number of nitrogens with zero attached hydrogens (tertiary/aromatic N) is 2. The second kappa shape index (κ2) is 6.76. The van der Waals surface area contributed by atoms with Gasteiger partial charge in [-0.1, -0.05) is 35.3 Å². The molecular weight excluding hydrogens is 248 g/mol. The van der Waals surface area contributed by atoms with Crippen molar-refractivity contribution in [1.82, 2.24) is 4.90 Å². The molecule has 2 rings (SSSR count). The van der Waals surface area contributed by atoms with Crippen LogP contribution < -0.4 is 0 Å². The van der Waals surface area contributed by atoms with E-state index in [1.54, 1.807) is 7.11 Å². The monoisotopic (exact) mass is 266 g/mol. The summed E-state index contributed by atoms with van der Waals surface area (Å²) in [7, 11) is 1.59. The first-order chi connectivity index (χ1) is 8.79. The van der Waals surface area contributed by atoms with Crippen LogP contribution in [0.15, 0.2) is 29.4 Å². The molecule has 0 aromatic heterocycles. The van der Waals surface area contributed by atoms with Crippen LogP contribution in [0.5, 0.6) is 0 Å². The number of likely N-dealkylation sites (tertiary alicyclic amines) is 1. The lowest BCUT2D eigenvalue weighted by molar-refractivity contribution is 0.207. The topological polar surface area (TPSA) is 24.8 Å². The van der Waals surface area contributed by atoms with Gasteiger partial charge in [0.1, 0.15) is 12.8 Å². The Morgan fingerprint density at radius 3 is 2.50 bits per heavy atom. The maximum absolute atomic E-state index is 5.90. The highest BCUT2D eigenvalue weighted by molar-refractivity contribution is 6.30. The molecule has 18 heavy (non-hydrogen) atoms. The van der Waals surface area contributed by atoms with Crippen LogP contribution in [0, 0.1) is 0 Å². The Kier molecular flexibility index (Phi) is 5.02. The van der Waals surface area contributed by atoms with Crippen molar-refractivity contribution in [3.8, 4) is 0 Å². The van der Waals surface area contributed by atoms with Gasteiger partial charge in [-0.15, -0.1) is 0 Å². The van der Waals surface area contributed by atoms with Crippen molar-refractivity contribution in [3.63, 3.8) is 0 Å². The van der Waals surface area contributed by atoms with E-state index in [9.17, 15) is 0 Å². The average molecular weight is 267 g/mol. The molecule has 1 aromatic carbocycles. The van der Waals surface area contributed by atoms with E-state index < -0.39 is 0 Å². The van der Waals surface area contributed by atoms with Crippen LogP contribution >= 0.6 is 11.6 Å². The highest BCUT2D eigenvalue weighted by Gasteiger charge is 2.14. The van der Waals surface area contributed by atoms with Crippen LogP contribution in [-0.2, 0) is 4.84 Å². The van der Waals surface area contributed by atoms with Gasteiger partial charge in [-0.2, -0.15) is 0 Å². The molecule has 1 aliphatic heterocycles. The normalized spacial score (nSPS) is 17.8. The fraction of sp³-hybridized carbons (Fsp3) is 0.500. The average Bonchev–Trinajstić information content (AvgIpc) is 2.40. The second-order valence-electron chi connectivity index (χ2n) is 4.56. The third kappa shape index (κ3) is 3.72. The Bertz CT molecular complexity index is 397. The summed E-state index contributed by atoms with van der Waals surface area (Å²) in [6.45, 7) is 3.14. The number of piperidine rings is 1. The van der Waals surface area contributed by atoms with Crippen LogP contribution in [0.2, 0.25) is 5.02 Å². The molecule has 0 atom stereocenters. The van der Waals surface area contributed by atoms with E-state index in [1.165, 1.54) is 19.3 Å². The fourth-order valence-corrected chi connectivity index (χ4v) is 2.38. The van der Waals surface area contributed by atoms with Crippen molar-refractivity contribution in [2.75, 3.05) is 26.7 Å². The maximum atomic E-state index is 5.90. The molecule has 1 heterocycles. The van der Waals surface area contributed by atoms with Gasteiger partial charge in [0, 0.05) is 17.1 Å². The van der Waals surface area contributed by atoms with Crippen molar-refractivity contribution < 1.29 is 4.84 Å². The predicted octanol–water partition coefficient (Wildman–Crippen LogP) is 3.18. The minimum absolute atomic E-state index is 0.744. The van der Waals surface area contributed by atoms with E-state index in [4.69, 9.17) is 16.4 Å².